The molecule has 0 N–H and O–H groups in total. The predicted molar refractivity (Wildman–Crippen MR) is 80.9 cm³/mol. The molecule has 0 fully saturated rings. The minimum absolute atomic E-state index is 0.104. The van der Waals surface area contributed by atoms with Crippen molar-refractivity contribution >= 4 is 17.9 Å². The first-order valence-corrected chi connectivity index (χ1v) is 6.85. The number of carbonyl (C=O) groups excluding carboxylic acids is 3. The molecule has 0 radical (unpaired) electrons. The van der Waals surface area contributed by atoms with Crippen LogP contribution in [-0.4, -0.2) is 37.2 Å². The lowest BCUT2D eigenvalue weighted by Crippen LogP contribution is -2.21. The number of hydrogen-bond acceptors (Lipinski definition) is 6. The SMILES string of the molecule is C=CC(=O)OCCCC(CCOC(=O)C(=C)C)OC(=O)C=C. The van der Waals surface area contributed by atoms with Crippen LogP contribution in [0.4, 0.5) is 0 Å². The van der Waals surface area contributed by atoms with Gasteiger partial charge < -0.3 is 14.2 Å². The van der Waals surface area contributed by atoms with Gasteiger partial charge in [-0.1, -0.05) is 19.7 Å². The molecule has 0 rings (SSSR count). The van der Waals surface area contributed by atoms with E-state index in [4.69, 9.17) is 14.2 Å². The van der Waals surface area contributed by atoms with Gasteiger partial charge in [0.15, 0.2) is 0 Å². The maximum absolute atomic E-state index is 11.3. The highest BCUT2D eigenvalue weighted by Gasteiger charge is 2.14. The minimum atomic E-state index is -0.556. The Labute approximate surface area is 130 Å². The second-order valence-electron chi connectivity index (χ2n) is 4.48. The van der Waals surface area contributed by atoms with Crippen molar-refractivity contribution in [3.63, 3.8) is 0 Å². The fourth-order valence-electron chi connectivity index (χ4n) is 1.42. The summed E-state index contributed by atoms with van der Waals surface area (Å²) in [6.45, 7) is 11.9. The van der Waals surface area contributed by atoms with E-state index in [0.717, 1.165) is 12.2 Å². The average Bonchev–Trinajstić information content (AvgIpc) is 2.50. The van der Waals surface area contributed by atoms with Crippen LogP contribution in [0.2, 0.25) is 0 Å². The summed E-state index contributed by atoms with van der Waals surface area (Å²) in [7, 11) is 0. The second kappa shape index (κ2) is 11.3. The first kappa shape index (κ1) is 19.6. The molecular weight excluding hydrogens is 288 g/mol. The summed E-state index contributed by atoms with van der Waals surface area (Å²) in [5.41, 5.74) is 0.302. The van der Waals surface area contributed by atoms with Crippen molar-refractivity contribution in [2.75, 3.05) is 13.2 Å². The van der Waals surface area contributed by atoms with Gasteiger partial charge in [-0.15, -0.1) is 0 Å². The Morgan fingerprint density at radius 2 is 1.64 bits per heavy atom. The van der Waals surface area contributed by atoms with E-state index in [9.17, 15) is 14.4 Å². The third-order valence-corrected chi connectivity index (χ3v) is 2.55. The quantitative estimate of drug-likeness (QED) is 0.252. The predicted octanol–water partition coefficient (Wildman–Crippen LogP) is 2.10. The lowest BCUT2D eigenvalue weighted by molar-refractivity contribution is -0.147. The van der Waals surface area contributed by atoms with Crippen molar-refractivity contribution in [1.29, 1.82) is 0 Å². The van der Waals surface area contributed by atoms with Crippen molar-refractivity contribution in [2.24, 2.45) is 0 Å². The molecule has 6 heteroatoms. The zero-order chi connectivity index (χ0) is 17.0. The van der Waals surface area contributed by atoms with Crippen molar-refractivity contribution in [1.82, 2.24) is 0 Å². The molecule has 0 amide bonds. The summed E-state index contributed by atoms with van der Waals surface area (Å²) in [6.07, 6.45) is 2.99. The molecule has 0 saturated heterocycles. The fraction of sp³-hybridized carbons (Fsp3) is 0.438. The number of hydrogen-bond donors (Lipinski definition) is 0. The largest absolute Gasteiger partial charge is 0.463 e. The second-order valence-corrected chi connectivity index (χ2v) is 4.48. The summed E-state index contributed by atoms with van der Waals surface area (Å²) in [5, 5.41) is 0. The van der Waals surface area contributed by atoms with Crippen LogP contribution in [0.3, 0.4) is 0 Å². The molecule has 0 aliphatic carbocycles. The van der Waals surface area contributed by atoms with Gasteiger partial charge in [-0.2, -0.15) is 0 Å². The normalized spacial score (nSPS) is 11.0. The molecule has 1 atom stereocenters. The first-order valence-electron chi connectivity index (χ1n) is 6.85. The van der Waals surface area contributed by atoms with Gasteiger partial charge in [-0.05, 0) is 19.8 Å². The molecule has 6 nitrogen and oxygen atoms in total. The lowest BCUT2D eigenvalue weighted by atomic mass is 10.1. The molecule has 0 aromatic carbocycles. The maximum Gasteiger partial charge on any atom is 0.333 e. The van der Waals surface area contributed by atoms with Crippen molar-refractivity contribution in [3.05, 3.63) is 37.5 Å². The number of rotatable bonds is 11. The van der Waals surface area contributed by atoms with Crippen LogP contribution in [0.5, 0.6) is 0 Å². The zero-order valence-corrected chi connectivity index (χ0v) is 12.8. The van der Waals surface area contributed by atoms with E-state index in [1.54, 1.807) is 6.92 Å². The summed E-state index contributed by atoms with van der Waals surface area (Å²) >= 11 is 0. The highest BCUT2D eigenvalue weighted by atomic mass is 16.6. The van der Waals surface area contributed by atoms with Gasteiger partial charge in [0, 0.05) is 24.1 Å². The van der Waals surface area contributed by atoms with Crippen LogP contribution in [0.25, 0.3) is 0 Å². The third kappa shape index (κ3) is 9.52. The van der Waals surface area contributed by atoms with Crippen LogP contribution in [0, 0.1) is 0 Å². The minimum Gasteiger partial charge on any atom is -0.463 e. The molecule has 1 unspecified atom stereocenters. The van der Waals surface area contributed by atoms with E-state index in [2.05, 4.69) is 19.7 Å². The smallest absolute Gasteiger partial charge is 0.333 e. The van der Waals surface area contributed by atoms with Crippen LogP contribution in [-0.2, 0) is 28.6 Å². The molecule has 0 bridgehead atoms. The van der Waals surface area contributed by atoms with Crippen LogP contribution in [0.1, 0.15) is 26.2 Å². The Kier molecular flexibility index (Phi) is 10.1. The van der Waals surface area contributed by atoms with Crippen LogP contribution in [0.15, 0.2) is 37.5 Å². The van der Waals surface area contributed by atoms with Gasteiger partial charge in [0.05, 0.1) is 13.2 Å². The molecule has 122 valence electrons. The Balaban J connectivity index is 4.19. The average molecular weight is 310 g/mol. The Hall–Kier alpha value is -2.37. The monoisotopic (exact) mass is 310 g/mol. The van der Waals surface area contributed by atoms with Crippen LogP contribution < -0.4 is 0 Å². The Morgan fingerprint density at radius 1 is 1.00 bits per heavy atom. The summed E-state index contributed by atoms with van der Waals surface area (Å²) in [4.78, 5) is 33.4. The summed E-state index contributed by atoms with van der Waals surface area (Å²) in [6, 6.07) is 0. The lowest BCUT2D eigenvalue weighted by Gasteiger charge is -2.17. The van der Waals surface area contributed by atoms with Gasteiger partial charge in [-0.3, -0.25) is 0 Å². The molecular formula is C16H22O6. The molecule has 0 aliphatic heterocycles. The Bertz CT molecular complexity index is 438. The van der Waals surface area contributed by atoms with Gasteiger partial charge in [0.25, 0.3) is 0 Å². The van der Waals surface area contributed by atoms with Gasteiger partial charge >= 0.3 is 17.9 Å². The maximum atomic E-state index is 11.3. The van der Waals surface area contributed by atoms with Crippen LogP contribution >= 0.6 is 0 Å². The molecule has 0 heterocycles. The summed E-state index contributed by atoms with van der Waals surface area (Å²) in [5.74, 6) is -1.55. The zero-order valence-electron chi connectivity index (χ0n) is 12.8. The topological polar surface area (TPSA) is 78.9 Å². The molecule has 0 saturated carbocycles. The van der Waals surface area contributed by atoms with Gasteiger partial charge in [-0.25, -0.2) is 14.4 Å². The molecule has 22 heavy (non-hydrogen) atoms. The fourth-order valence-corrected chi connectivity index (χ4v) is 1.42. The number of esters is 3. The van der Waals surface area contributed by atoms with Crippen molar-refractivity contribution in [3.8, 4) is 0 Å². The third-order valence-electron chi connectivity index (χ3n) is 2.55. The van der Waals surface area contributed by atoms with E-state index < -0.39 is 24.0 Å². The highest BCUT2D eigenvalue weighted by Crippen LogP contribution is 2.09. The Morgan fingerprint density at radius 3 is 2.18 bits per heavy atom. The van der Waals surface area contributed by atoms with Crippen molar-refractivity contribution in [2.45, 2.75) is 32.3 Å². The molecule has 0 aromatic rings. The molecule has 0 aromatic heterocycles. The van der Waals surface area contributed by atoms with E-state index in [1.165, 1.54) is 0 Å². The van der Waals surface area contributed by atoms with Gasteiger partial charge in [0.1, 0.15) is 6.10 Å². The van der Waals surface area contributed by atoms with E-state index in [-0.39, 0.29) is 13.2 Å². The van der Waals surface area contributed by atoms with E-state index >= 15 is 0 Å². The number of carbonyl (C=O) groups is 3. The standard InChI is InChI=1S/C16H22O6/c1-5-14(17)20-10-7-8-13(22-15(18)6-2)9-11-21-16(19)12(3)4/h5-6,13H,1-3,7-11H2,4H3. The molecule has 0 aliphatic rings. The van der Waals surface area contributed by atoms with E-state index in [1.807, 2.05) is 0 Å². The molecule has 0 spiro atoms. The number of ether oxygens (including phenoxy) is 3. The van der Waals surface area contributed by atoms with Gasteiger partial charge in [0.2, 0.25) is 0 Å². The first-order chi connectivity index (χ1) is 10.4. The van der Waals surface area contributed by atoms with Crippen molar-refractivity contribution < 1.29 is 28.6 Å². The highest BCUT2D eigenvalue weighted by molar-refractivity contribution is 5.86. The van der Waals surface area contributed by atoms with E-state index in [0.29, 0.717) is 24.8 Å². The summed E-state index contributed by atoms with van der Waals surface area (Å²) < 4.78 is 14.9.